The molecule has 2 heterocycles. The zero-order chi connectivity index (χ0) is 14.8. The van der Waals surface area contributed by atoms with E-state index in [2.05, 4.69) is 14.7 Å². The van der Waals surface area contributed by atoms with Gasteiger partial charge in [-0.2, -0.15) is 0 Å². The van der Waals surface area contributed by atoms with Crippen LogP contribution in [0.2, 0.25) is 0 Å². The minimum Gasteiger partial charge on any atom is -0.538 e. The number of carbonyl (C=O) groups excluding carboxylic acids is 1. The van der Waals surface area contributed by atoms with Crippen molar-refractivity contribution in [1.82, 2.24) is 15.1 Å². The molecule has 1 aromatic carbocycles. The van der Waals surface area contributed by atoms with Crippen molar-refractivity contribution in [3.05, 3.63) is 36.0 Å². The van der Waals surface area contributed by atoms with Crippen LogP contribution < -0.4 is 9.79 Å². The number of hydrogen-bond donors (Lipinski definition) is 0. The highest BCUT2D eigenvalue weighted by Gasteiger charge is 2.32. The van der Waals surface area contributed by atoms with E-state index in [9.17, 15) is 9.90 Å². The molecule has 7 nitrogen and oxygen atoms in total. The smallest absolute Gasteiger partial charge is 0.327 e. The fourth-order valence-corrected chi connectivity index (χ4v) is 2.33. The fourth-order valence-electron chi connectivity index (χ4n) is 2.33. The average molecular weight is 288 g/mol. The summed E-state index contributed by atoms with van der Waals surface area (Å²) in [7, 11) is 2.00. The Bertz CT molecular complexity index is 633. The lowest BCUT2D eigenvalue weighted by atomic mass is 10.2. The van der Waals surface area contributed by atoms with Gasteiger partial charge in [0.1, 0.15) is 0 Å². The summed E-state index contributed by atoms with van der Waals surface area (Å²) in [4.78, 5) is 16.4. The van der Waals surface area contributed by atoms with Crippen molar-refractivity contribution in [3.8, 4) is 11.6 Å². The number of nitrogens with zero attached hydrogens (tertiary/aromatic N) is 4. The van der Waals surface area contributed by atoms with E-state index in [0.717, 1.165) is 13.1 Å². The zero-order valence-corrected chi connectivity index (χ0v) is 11.7. The van der Waals surface area contributed by atoms with Gasteiger partial charge in [0.25, 0.3) is 0 Å². The Balaban J connectivity index is 1.92. The van der Waals surface area contributed by atoms with Crippen LogP contribution >= 0.6 is 0 Å². The summed E-state index contributed by atoms with van der Waals surface area (Å²) in [5.41, 5.74) is 0.576. The third-order valence-electron chi connectivity index (χ3n) is 3.60. The van der Waals surface area contributed by atoms with Gasteiger partial charge in [0, 0.05) is 38.3 Å². The summed E-state index contributed by atoms with van der Waals surface area (Å²) in [6.07, 6.45) is 0. The summed E-state index contributed by atoms with van der Waals surface area (Å²) < 4.78 is 5.95. The van der Waals surface area contributed by atoms with Crippen molar-refractivity contribution in [2.75, 3.05) is 33.2 Å². The standard InChI is InChI=1S/C14H16N4O3/c1-16-7-9-17(10-8-16)13(19)12-14(20)21-15-18(12)11-5-3-2-4-6-11/h2-6H,7-10H2,1H3. The van der Waals surface area contributed by atoms with Gasteiger partial charge in [-0.25, -0.2) is 0 Å². The molecule has 1 saturated heterocycles. The Morgan fingerprint density at radius 3 is 2.57 bits per heavy atom. The molecule has 0 aliphatic carbocycles. The minimum atomic E-state index is -0.706. The van der Waals surface area contributed by atoms with Crippen LogP contribution in [0.3, 0.4) is 0 Å². The largest absolute Gasteiger partial charge is 0.538 e. The number of likely N-dealkylation sites (N-methyl/N-ethyl adjacent to an activating group) is 1. The number of benzene rings is 1. The number of para-hydroxylation sites is 1. The molecule has 0 bridgehead atoms. The molecule has 7 heteroatoms. The van der Waals surface area contributed by atoms with Crippen LogP contribution in [0.25, 0.3) is 5.69 Å². The molecule has 0 radical (unpaired) electrons. The molecule has 2 aromatic rings. The molecule has 1 aliphatic heterocycles. The van der Waals surface area contributed by atoms with Crippen LogP contribution in [-0.2, 0) is 0 Å². The van der Waals surface area contributed by atoms with Gasteiger partial charge < -0.3 is 19.4 Å². The normalized spacial score (nSPS) is 16.1. The van der Waals surface area contributed by atoms with Crippen LogP contribution in [0.15, 0.2) is 34.9 Å². The van der Waals surface area contributed by atoms with Crippen molar-refractivity contribution in [2.24, 2.45) is 0 Å². The van der Waals surface area contributed by atoms with Crippen LogP contribution in [0.1, 0.15) is 10.5 Å². The average Bonchev–Trinajstić information content (AvgIpc) is 2.90. The second-order valence-electron chi connectivity index (χ2n) is 5.05. The Hall–Kier alpha value is -2.41. The predicted octanol–water partition coefficient (Wildman–Crippen LogP) is -0.587. The van der Waals surface area contributed by atoms with Crippen LogP contribution in [0, 0.1) is 0 Å². The number of aromatic nitrogens is 2. The summed E-state index contributed by atoms with van der Waals surface area (Å²) >= 11 is 0. The van der Waals surface area contributed by atoms with Gasteiger partial charge in [-0.05, 0) is 11.7 Å². The lowest BCUT2D eigenvalue weighted by molar-refractivity contribution is -0.672. The zero-order valence-electron chi connectivity index (χ0n) is 11.7. The first-order valence-corrected chi connectivity index (χ1v) is 6.79. The highest BCUT2D eigenvalue weighted by Crippen LogP contribution is 2.14. The van der Waals surface area contributed by atoms with E-state index in [1.807, 2.05) is 25.2 Å². The van der Waals surface area contributed by atoms with E-state index in [1.165, 1.54) is 4.68 Å². The second kappa shape index (κ2) is 5.53. The van der Waals surface area contributed by atoms with E-state index in [-0.39, 0.29) is 11.6 Å². The van der Waals surface area contributed by atoms with E-state index in [0.29, 0.717) is 18.8 Å². The second-order valence-corrected chi connectivity index (χ2v) is 5.05. The van der Waals surface area contributed by atoms with E-state index in [4.69, 9.17) is 0 Å². The van der Waals surface area contributed by atoms with Crippen LogP contribution in [-0.4, -0.2) is 54.2 Å². The summed E-state index contributed by atoms with van der Waals surface area (Å²) in [6, 6.07) is 9.01. The molecule has 0 atom stereocenters. The number of hydrogen-bond acceptors (Lipinski definition) is 5. The van der Waals surface area contributed by atoms with E-state index in [1.54, 1.807) is 17.0 Å². The summed E-state index contributed by atoms with van der Waals surface area (Å²) in [6.45, 7) is 2.76. The third kappa shape index (κ3) is 2.59. The number of carbonyl (C=O) groups is 1. The highest BCUT2D eigenvalue weighted by molar-refractivity contribution is 5.92. The van der Waals surface area contributed by atoms with Gasteiger partial charge in [0.05, 0.1) is 5.27 Å². The predicted molar refractivity (Wildman–Crippen MR) is 70.9 cm³/mol. The molecule has 0 saturated carbocycles. The first-order chi connectivity index (χ1) is 10.2. The number of rotatable bonds is 2. The first kappa shape index (κ1) is 13.6. The van der Waals surface area contributed by atoms with Gasteiger partial charge in [0.2, 0.25) is 5.69 Å². The molecule has 110 valence electrons. The first-order valence-electron chi connectivity index (χ1n) is 6.79. The Labute approximate surface area is 122 Å². The molecule has 0 spiro atoms. The summed E-state index contributed by atoms with van der Waals surface area (Å²) in [5, 5.41) is 15.5. The van der Waals surface area contributed by atoms with E-state index >= 15 is 0 Å². The van der Waals surface area contributed by atoms with Crippen molar-refractivity contribution in [2.45, 2.75) is 0 Å². The molecule has 0 N–H and O–H groups in total. The van der Waals surface area contributed by atoms with Gasteiger partial charge in [-0.1, -0.05) is 18.2 Å². The van der Waals surface area contributed by atoms with Gasteiger partial charge in [-0.15, -0.1) is 0 Å². The van der Waals surface area contributed by atoms with Gasteiger partial charge in [0.15, 0.2) is 5.95 Å². The molecule has 1 amide bonds. The summed E-state index contributed by atoms with van der Waals surface area (Å²) in [5.74, 6) is -1.04. The maximum Gasteiger partial charge on any atom is 0.327 e. The molecule has 1 aliphatic rings. The maximum atomic E-state index is 12.6. The van der Waals surface area contributed by atoms with Crippen molar-refractivity contribution in [3.63, 3.8) is 0 Å². The fraction of sp³-hybridized carbons (Fsp3) is 0.357. The van der Waals surface area contributed by atoms with Gasteiger partial charge >= 0.3 is 11.6 Å². The monoisotopic (exact) mass is 288 g/mol. The van der Waals surface area contributed by atoms with Crippen LogP contribution in [0.4, 0.5) is 0 Å². The molecule has 1 fully saturated rings. The molecular formula is C14H16N4O3. The van der Waals surface area contributed by atoms with Crippen LogP contribution in [0.5, 0.6) is 5.95 Å². The van der Waals surface area contributed by atoms with Gasteiger partial charge in [-0.3, -0.25) is 4.79 Å². The van der Waals surface area contributed by atoms with Crippen molar-refractivity contribution >= 4 is 5.91 Å². The Kier molecular flexibility index (Phi) is 3.57. The van der Waals surface area contributed by atoms with Crippen molar-refractivity contribution in [1.29, 1.82) is 0 Å². The molecule has 3 rings (SSSR count). The molecule has 0 unspecified atom stereocenters. The Morgan fingerprint density at radius 1 is 1.24 bits per heavy atom. The number of piperazine rings is 1. The quantitative estimate of drug-likeness (QED) is 0.691. The number of amides is 1. The lowest BCUT2D eigenvalue weighted by Gasteiger charge is -2.31. The molecular weight excluding hydrogens is 272 g/mol. The minimum absolute atomic E-state index is 0.0502. The highest BCUT2D eigenvalue weighted by atomic mass is 16.6. The Morgan fingerprint density at radius 2 is 1.90 bits per heavy atom. The third-order valence-corrected chi connectivity index (χ3v) is 3.60. The molecule has 21 heavy (non-hydrogen) atoms. The lowest BCUT2D eigenvalue weighted by Crippen LogP contribution is -2.50. The SMILES string of the molecule is CN1CCN(C(=O)c2c([O-])on[n+]2-c2ccccc2)CC1. The van der Waals surface area contributed by atoms with Crippen molar-refractivity contribution < 1.29 is 19.1 Å². The topological polar surface area (TPSA) is 76.5 Å². The maximum absolute atomic E-state index is 12.6. The molecule has 1 aromatic heterocycles. The van der Waals surface area contributed by atoms with E-state index < -0.39 is 5.95 Å².